The average Bonchev–Trinajstić information content (AvgIpc) is 2.42. The van der Waals surface area contributed by atoms with Crippen molar-refractivity contribution in [1.29, 1.82) is 0 Å². The van der Waals surface area contributed by atoms with E-state index in [1.807, 2.05) is 24.3 Å². The highest BCUT2D eigenvalue weighted by Crippen LogP contribution is 2.26. The molecular weight excluding hydrogens is 324 g/mol. The summed E-state index contributed by atoms with van der Waals surface area (Å²) >= 11 is 3.49. The van der Waals surface area contributed by atoms with Crippen LogP contribution < -0.4 is 5.32 Å². The van der Waals surface area contributed by atoms with Crippen molar-refractivity contribution in [2.24, 2.45) is 0 Å². The Hall–Kier alpha value is -1.26. The van der Waals surface area contributed by atoms with E-state index >= 15 is 0 Å². The maximum absolute atomic E-state index is 14.0. The van der Waals surface area contributed by atoms with Gasteiger partial charge in [-0.3, -0.25) is 0 Å². The van der Waals surface area contributed by atoms with E-state index in [9.17, 15) is 8.78 Å². The zero-order valence-corrected chi connectivity index (χ0v) is 13.0. The molecule has 0 amide bonds. The van der Waals surface area contributed by atoms with Gasteiger partial charge in [-0.05, 0) is 43.7 Å². The van der Waals surface area contributed by atoms with Gasteiger partial charge < -0.3 is 5.32 Å². The minimum absolute atomic E-state index is 0.201. The lowest BCUT2D eigenvalue weighted by molar-refractivity contribution is 0.518. The first-order valence-corrected chi connectivity index (χ1v) is 7.18. The molecular formula is C16H16BrF2N. The van der Waals surface area contributed by atoms with Crippen LogP contribution in [0.1, 0.15) is 22.7 Å². The molecule has 0 aliphatic carbocycles. The van der Waals surface area contributed by atoms with Crippen molar-refractivity contribution in [2.75, 3.05) is 7.05 Å². The molecule has 0 heterocycles. The lowest BCUT2D eigenvalue weighted by Crippen LogP contribution is -2.20. The number of likely N-dealkylation sites (N-methyl/N-ethyl adjacent to an activating group) is 1. The van der Waals surface area contributed by atoms with E-state index in [1.54, 1.807) is 20.0 Å². The monoisotopic (exact) mass is 339 g/mol. The average molecular weight is 340 g/mol. The standard InChI is InChI=1S/C16H16BrF2N/c1-10-7-12(15(19)9-14(10)18)16(20-2)8-11-5-3-4-6-13(11)17/h3-7,9,16,20H,8H2,1-2H3. The fourth-order valence-corrected chi connectivity index (χ4v) is 2.64. The maximum atomic E-state index is 14.0. The van der Waals surface area contributed by atoms with Crippen molar-refractivity contribution in [3.05, 3.63) is 69.2 Å². The number of nitrogens with one attached hydrogen (secondary N) is 1. The Balaban J connectivity index is 2.34. The largest absolute Gasteiger partial charge is 0.313 e. The number of hydrogen-bond donors (Lipinski definition) is 1. The van der Waals surface area contributed by atoms with E-state index in [-0.39, 0.29) is 6.04 Å². The molecule has 20 heavy (non-hydrogen) atoms. The van der Waals surface area contributed by atoms with Gasteiger partial charge in [-0.15, -0.1) is 0 Å². The minimum Gasteiger partial charge on any atom is -0.313 e. The second kappa shape index (κ2) is 6.46. The van der Waals surface area contributed by atoms with Gasteiger partial charge in [0.05, 0.1) is 0 Å². The van der Waals surface area contributed by atoms with Crippen LogP contribution in [0.2, 0.25) is 0 Å². The second-order valence-electron chi connectivity index (χ2n) is 4.76. The first-order valence-electron chi connectivity index (χ1n) is 6.39. The molecule has 0 fully saturated rings. The molecule has 106 valence electrons. The summed E-state index contributed by atoms with van der Waals surface area (Å²) in [6.45, 7) is 1.64. The minimum atomic E-state index is -0.514. The van der Waals surface area contributed by atoms with Crippen LogP contribution in [0.25, 0.3) is 0 Å². The summed E-state index contributed by atoms with van der Waals surface area (Å²) in [5, 5.41) is 3.10. The van der Waals surface area contributed by atoms with Crippen molar-refractivity contribution in [2.45, 2.75) is 19.4 Å². The van der Waals surface area contributed by atoms with Crippen molar-refractivity contribution >= 4 is 15.9 Å². The third-order valence-corrected chi connectivity index (χ3v) is 4.16. The van der Waals surface area contributed by atoms with Gasteiger partial charge in [-0.2, -0.15) is 0 Å². The summed E-state index contributed by atoms with van der Waals surface area (Å²) in [6, 6.07) is 10.1. The number of halogens is 3. The van der Waals surface area contributed by atoms with Crippen LogP contribution in [0.4, 0.5) is 8.78 Å². The Morgan fingerprint density at radius 3 is 2.50 bits per heavy atom. The molecule has 0 saturated carbocycles. The SMILES string of the molecule is CNC(Cc1ccccc1Br)c1cc(C)c(F)cc1F. The van der Waals surface area contributed by atoms with Gasteiger partial charge in [-0.1, -0.05) is 34.1 Å². The topological polar surface area (TPSA) is 12.0 Å². The van der Waals surface area contributed by atoms with Gasteiger partial charge in [-0.25, -0.2) is 8.78 Å². The highest BCUT2D eigenvalue weighted by Gasteiger charge is 2.17. The fraction of sp³-hybridized carbons (Fsp3) is 0.250. The van der Waals surface area contributed by atoms with Crippen LogP contribution in [0.3, 0.4) is 0 Å². The summed E-state index contributed by atoms with van der Waals surface area (Å²) in [5.41, 5.74) is 2.02. The Morgan fingerprint density at radius 2 is 1.85 bits per heavy atom. The van der Waals surface area contributed by atoms with Crippen molar-refractivity contribution in [1.82, 2.24) is 5.32 Å². The summed E-state index contributed by atoms with van der Waals surface area (Å²) < 4.78 is 28.3. The summed E-state index contributed by atoms with van der Waals surface area (Å²) in [6.07, 6.45) is 0.625. The van der Waals surface area contributed by atoms with Crippen molar-refractivity contribution in [3.8, 4) is 0 Å². The third kappa shape index (κ3) is 3.25. The molecule has 0 radical (unpaired) electrons. The van der Waals surface area contributed by atoms with Crippen molar-refractivity contribution < 1.29 is 8.78 Å². The lowest BCUT2D eigenvalue weighted by atomic mass is 9.97. The highest BCUT2D eigenvalue weighted by atomic mass is 79.9. The summed E-state index contributed by atoms with van der Waals surface area (Å²) in [4.78, 5) is 0. The Labute approximate surface area is 126 Å². The first-order chi connectivity index (χ1) is 9.52. The molecule has 2 aromatic rings. The predicted octanol–water partition coefficient (Wildman–Crippen LogP) is 4.54. The lowest BCUT2D eigenvalue weighted by Gasteiger charge is -2.19. The van der Waals surface area contributed by atoms with Gasteiger partial charge in [0.15, 0.2) is 0 Å². The molecule has 0 spiro atoms. The van der Waals surface area contributed by atoms with Crippen LogP contribution in [-0.4, -0.2) is 7.05 Å². The van der Waals surface area contributed by atoms with Crippen LogP contribution >= 0.6 is 15.9 Å². The van der Waals surface area contributed by atoms with Crippen LogP contribution in [0, 0.1) is 18.6 Å². The summed E-state index contributed by atoms with van der Waals surface area (Å²) in [7, 11) is 1.78. The smallest absolute Gasteiger partial charge is 0.130 e. The zero-order valence-electron chi connectivity index (χ0n) is 11.4. The summed E-state index contributed by atoms with van der Waals surface area (Å²) in [5.74, 6) is -1.03. The van der Waals surface area contributed by atoms with E-state index in [0.717, 1.165) is 16.1 Å². The van der Waals surface area contributed by atoms with E-state index in [1.165, 1.54) is 0 Å². The van der Waals surface area contributed by atoms with Gasteiger partial charge >= 0.3 is 0 Å². The number of hydrogen-bond acceptors (Lipinski definition) is 1. The third-order valence-electron chi connectivity index (χ3n) is 3.38. The molecule has 0 bridgehead atoms. The fourth-order valence-electron chi connectivity index (χ4n) is 2.20. The number of aryl methyl sites for hydroxylation is 1. The normalized spacial score (nSPS) is 12.4. The second-order valence-corrected chi connectivity index (χ2v) is 5.61. The van der Waals surface area contributed by atoms with E-state index in [2.05, 4.69) is 21.2 Å². The molecule has 0 saturated heterocycles. The molecule has 0 aliphatic rings. The van der Waals surface area contributed by atoms with Crippen LogP contribution in [0.5, 0.6) is 0 Å². The number of benzene rings is 2. The molecule has 2 rings (SSSR count). The van der Waals surface area contributed by atoms with Gasteiger partial charge in [0.2, 0.25) is 0 Å². The van der Waals surface area contributed by atoms with E-state index in [4.69, 9.17) is 0 Å². The first kappa shape index (κ1) is 15.1. The van der Waals surface area contributed by atoms with Crippen LogP contribution in [-0.2, 0) is 6.42 Å². The molecule has 1 N–H and O–H groups in total. The zero-order chi connectivity index (χ0) is 14.7. The van der Waals surface area contributed by atoms with Gasteiger partial charge in [0, 0.05) is 22.1 Å². The highest BCUT2D eigenvalue weighted by molar-refractivity contribution is 9.10. The Bertz CT molecular complexity index is 613. The van der Waals surface area contributed by atoms with Gasteiger partial charge in [0.25, 0.3) is 0 Å². The molecule has 1 unspecified atom stereocenters. The van der Waals surface area contributed by atoms with Crippen molar-refractivity contribution in [3.63, 3.8) is 0 Å². The molecule has 1 atom stereocenters. The molecule has 1 nitrogen and oxygen atoms in total. The Morgan fingerprint density at radius 1 is 1.15 bits per heavy atom. The van der Waals surface area contributed by atoms with Crippen LogP contribution in [0.15, 0.2) is 40.9 Å². The predicted molar refractivity (Wildman–Crippen MR) is 80.7 cm³/mol. The Kier molecular flexibility index (Phi) is 4.89. The van der Waals surface area contributed by atoms with E-state index in [0.29, 0.717) is 17.5 Å². The quantitative estimate of drug-likeness (QED) is 0.862. The van der Waals surface area contributed by atoms with Gasteiger partial charge in [0.1, 0.15) is 11.6 Å². The molecule has 2 aromatic carbocycles. The number of rotatable bonds is 4. The van der Waals surface area contributed by atoms with E-state index < -0.39 is 11.6 Å². The maximum Gasteiger partial charge on any atom is 0.130 e. The molecule has 4 heteroatoms. The molecule has 0 aromatic heterocycles. The molecule has 0 aliphatic heterocycles.